The topological polar surface area (TPSA) is 43.4 Å². The number of ether oxygens (including phenoxy) is 1. The molecule has 0 aromatic heterocycles. The molecule has 0 saturated carbocycles. The van der Waals surface area contributed by atoms with Crippen LogP contribution < -0.4 is 0 Å². The predicted octanol–water partition coefficient (Wildman–Crippen LogP) is 2.33. The maximum absolute atomic E-state index is 11.8. The first-order valence-corrected chi connectivity index (χ1v) is 6.40. The first-order valence-electron chi connectivity index (χ1n) is 6.40. The molecule has 0 aliphatic carbocycles. The molecule has 18 heavy (non-hydrogen) atoms. The van der Waals surface area contributed by atoms with Gasteiger partial charge in [0.2, 0.25) is 0 Å². The first kappa shape index (κ1) is 12.8. The van der Waals surface area contributed by atoms with E-state index < -0.39 is 0 Å². The van der Waals surface area contributed by atoms with Gasteiger partial charge in [0.1, 0.15) is 6.29 Å². The van der Waals surface area contributed by atoms with E-state index in [1.54, 1.807) is 0 Å². The minimum atomic E-state index is -0.185. The normalized spacial score (nSPS) is 18.8. The van der Waals surface area contributed by atoms with Crippen LogP contribution in [0.2, 0.25) is 0 Å². The zero-order valence-electron chi connectivity index (χ0n) is 10.9. The van der Waals surface area contributed by atoms with Gasteiger partial charge in [0.05, 0.1) is 12.5 Å². The highest BCUT2D eigenvalue weighted by atomic mass is 16.5. The fourth-order valence-electron chi connectivity index (χ4n) is 2.68. The van der Waals surface area contributed by atoms with Crippen LogP contribution in [0.1, 0.15) is 41.5 Å². The van der Waals surface area contributed by atoms with Gasteiger partial charge in [0, 0.05) is 6.42 Å². The molecule has 1 atom stereocenters. The van der Waals surface area contributed by atoms with Gasteiger partial charge in [0.15, 0.2) is 0 Å². The summed E-state index contributed by atoms with van der Waals surface area (Å²) in [6.45, 7) is 4.54. The molecule has 1 aliphatic heterocycles. The van der Waals surface area contributed by atoms with Crippen molar-refractivity contribution < 1.29 is 14.3 Å². The van der Waals surface area contributed by atoms with E-state index >= 15 is 0 Å². The van der Waals surface area contributed by atoms with Crippen molar-refractivity contribution in [1.29, 1.82) is 0 Å². The summed E-state index contributed by atoms with van der Waals surface area (Å²) in [5, 5.41) is 0. The zero-order chi connectivity index (χ0) is 13.1. The lowest BCUT2D eigenvalue weighted by molar-refractivity contribution is -0.139. The fraction of sp³-hybridized carbons (Fsp3) is 0.467. The summed E-state index contributed by atoms with van der Waals surface area (Å²) in [5.41, 5.74) is 4.27. The molecule has 1 saturated heterocycles. The quantitative estimate of drug-likeness (QED) is 0.605. The Balaban J connectivity index is 2.56. The molecule has 0 amide bonds. The van der Waals surface area contributed by atoms with Crippen molar-refractivity contribution in [2.45, 2.75) is 39.0 Å². The third kappa shape index (κ3) is 2.17. The van der Waals surface area contributed by atoms with Gasteiger partial charge in [-0.05, 0) is 42.0 Å². The number of hydrogen-bond acceptors (Lipinski definition) is 3. The molecule has 1 aromatic carbocycles. The second kappa shape index (κ2) is 5.34. The summed E-state index contributed by atoms with van der Waals surface area (Å²) in [6.07, 6.45) is 2.87. The van der Waals surface area contributed by atoms with E-state index in [1.165, 1.54) is 0 Å². The van der Waals surface area contributed by atoms with Crippen LogP contribution in [0.5, 0.6) is 0 Å². The average Bonchev–Trinajstić information content (AvgIpc) is 2.78. The van der Waals surface area contributed by atoms with Crippen LogP contribution in [0.25, 0.3) is 0 Å². The molecule has 0 N–H and O–H groups in total. The minimum absolute atomic E-state index is 0.151. The van der Waals surface area contributed by atoms with Gasteiger partial charge in [0.25, 0.3) is 0 Å². The van der Waals surface area contributed by atoms with Gasteiger partial charge in [-0.15, -0.1) is 0 Å². The third-order valence-electron chi connectivity index (χ3n) is 3.63. The van der Waals surface area contributed by atoms with E-state index in [0.29, 0.717) is 13.0 Å². The molecule has 2 rings (SSSR count). The smallest absolute Gasteiger partial charge is 0.313 e. The number of carbonyl (C=O) groups is 2. The van der Waals surface area contributed by atoms with E-state index in [9.17, 15) is 9.59 Å². The monoisotopic (exact) mass is 246 g/mol. The molecule has 1 aromatic rings. The number of carbonyl (C=O) groups excluding carboxylic acids is 2. The maximum atomic E-state index is 11.8. The molecule has 1 aliphatic rings. The van der Waals surface area contributed by atoms with Crippen LogP contribution in [0, 0.1) is 6.92 Å². The number of benzene rings is 1. The molecule has 1 fully saturated rings. The van der Waals surface area contributed by atoms with E-state index in [0.717, 1.165) is 41.4 Å². The molecule has 96 valence electrons. The van der Waals surface area contributed by atoms with Crippen molar-refractivity contribution in [2.24, 2.45) is 0 Å². The first-order chi connectivity index (χ1) is 8.69. The largest absolute Gasteiger partial charge is 0.465 e. The van der Waals surface area contributed by atoms with Gasteiger partial charge in [-0.2, -0.15) is 0 Å². The van der Waals surface area contributed by atoms with Crippen LogP contribution in [0.4, 0.5) is 0 Å². The zero-order valence-corrected chi connectivity index (χ0v) is 10.9. The van der Waals surface area contributed by atoms with Crippen molar-refractivity contribution in [3.05, 3.63) is 34.4 Å². The van der Waals surface area contributed by atoms with Crippen LogP contribution in [-0.2, 0) is 27.2 Å². The van der Waals surface area contributed by atoms with Crippen LogP contribution >= 0.6 is 0 Å². The van der Waals surface area contributed by atoms with Crippen molar-refractivity contribution in [3.63, 3.8) is 0 Å². The third-order valence-corrected chi connectivity index (χ3v) is 3.63. The van der Waals surface area contributed by atoms with E-state index in [1.807, 2.05) is 13.0 Å². The Morgan fingerprint density at radius 1 is 1.44 bits per heavy atom. The molecule has 0 radical (unpaired) electrons. The Hall–Kier alpha value is -1.64. The fourth-order valence-corrected chi connectivity index (χ4v) is 2.68. The molecule has 0 spiro atoms. The van der Waals surface area contributed by atoms with Gasteiger partial charge in [-0.3, -0.25) is 4.79 Å². The second-order valence-corrected chi connectivity index (χ2v) is 4.67. The van der Waals surface area contributed by atoms with Gasteiger partial charge < -0.3 is 9.53 Å². The molecule has 3 nitrogen and oxygen atoms in total. The van der Waals surface area contributed by atoms with Crippen molar-refractivity contribution in [2.75, 3.05) is 6.61 Å². The summed E-state index contributed by atoms with van der Waals surface area (Å²) >= 11 is 0. The van der Waals surface area contributed by atoms with Gasteiger partial charge in [-0.1, -0.05) is 19.1 Å². The van der Waals surface area contributed by atoms with Crippen molar-refractivity contribution >= 4 is 12.3 Å². The second-order valence-electron chi connectivity index (χ2n) is 4.67. The summed E-state index contributed by atoms with van der Waals surface area (Å²) in [4.78, 5) is 22.7. The maximum Gasteiger partial charge on any atom is 0.313 e. The highest BCUT2D eigenvalue weighted by Crippen LogP contribution is 2.34. The molecule has 1 heterocycles. The Morgan fingerprint density at radius 3 is 2.78 bits per heavy atom. The molecule has 3 heteroatoms. The molecule has 0 bridgehead atoms. The lowest BCUT2D eigenvalue weighted by Crippen LogP contribution is -2.13. The Kier molecular flexibility index (Phi) is 3.80. The number of aryl methyl sites for hydroxylation is 2. The van der Waals surface area contributed by atoms with E-state index in [2.05, 4.69) is 13.0 Å². The number of hydrogen-bond donors (Lipinski definition) is 0. The molecule has 1 unspecified atom stereocenters. The van der Waals surface area contributed by atoms with Crippen LogP contribution in [0.3, 0.4) is 0 Å². The van der Waals surface area contributed by atoms with Gasteiger partial charge in [-0.25, -0.2) is 0 Å². The molecular weight excluding hydrogens is 228 g/mol. The SMILES string of the molecule is CCc1ccc(C)c(CC=O)c1C1CCOC1=O. The van der Waals surface area contributed by atoms with Crippen LogP contribution in [0.15, 0.2) is 12.1 Å². The highest BCUT2D eigenvalue weighted by molar-refractivity contribution is 5.81. The summed E-state index contributed by atoms with van der Waals surface area (Å²) < 4.78 is 5.07. The summed E-state index contributed by atoms with van der Waals surface area (Å²) in [6, 6.07) is 4.09. The standard InChI is InChI=1S/C15H18O3/c1-3-11-5-4-10(2)12(6-8-16)14(11)13-7-9-18-15(13)17/h4-5,8,13H,3,6-7,9H2,1-2H3. The number of cyclic esters (lactones) is 1. The Labute approximate surface area is 107 Å². The summed E-state index contributed by atoms with van der Waals surface area (Å²) in [5.74, 6) is -0.336. The van der Waals surface area contributed by atoms with Gasteiger partial charge >= 0.3 is 5.97 Å². The Bertz CT molecular complexity index is 477. The summed E-state index contributed by atoms with van der Waals surface area (Å²) in [7, 11) is 0. The van der Waals surface area contributed by atoms with E-state index in [4.69, 9.17) is 4.74 Å². The number of rotatable bonds is 4. The lowest BCUT2D eigenvalue weighted by Gasteiger charge is -2.18. The number of aldehydes is 1. The van der Waals surface area contributed by atoms with E-state index in [-0.39, 0.29) is 11.9 Å². The molecular formula is C15H18O3. The highest BCUT2D eigenvalue weighted by Gasteiger charge is 2.31. The van der Waals surface area contributed by atoms with Crippen molar-refractivity contribution in [3.8, 4) is 0 Å². The Morgan fingerprint density at radius 2 is 2.22 bits per heavy atom. The minimum Gasteiger partial charge on any atom is -0.465 e. The average molecular weight is 246 g/mol. The van der Waals surface area contributed by atoms with Crippen molar-refractivity contribution in [1.82, 2.24) is 0 Å². The lowest BCUT2D eigenvalue weighted by atomic mass is 9.84. The van der Waals surface area contributed by atoms with Crippen LogP contribution in [-0.4, -0.2) is 18.9 Å². The predicted molar refractivity (Wildman–Crippen MR) is 68.6 cm³/mol. The number of esters is 1.